The zero-order valence-electron chi connectivity index (χ0n) is 11.9. The lowest BCUT2D eigenvalue weighted by atomic mass is 10.1. The van der Waals surface area contributed by atoms with Crippen LogP contribution in [0.5, 0.6) is 0 Å². The molecule has 0 aliphatic carbocycles. The number of rotatable bonds is 11. The van der Waals surface area contributed by atoms with Crippen LogP contribution in [0.4, 0.5) is 4.39 Å². The third-order valence-electron chi connectivity index (χ3n) is 2.61. The number of unbranched alkanes of at least 4 members (excludes halogenated alkanes) is 3. The van der Waals surface area contributed by atoms with Gasteiger partial charge in [-0.1, -0.05) is 33.6 Å². The molecule has 0 spiro atoms. The minimum atomic E-state index is -0.217. The molecule has 0 aliphatic rings. The van der Waals surface area contributed by atoms with Crippen molar-refractivity contribution in [2.45, 2.75) is 58.1 Å². The molecule has 0 aromatic carbocycles. The fourth-order valence-electron chi connectivity index (χ4n) is 1.58. The van der Waals surface area contributed by atoms with E-state index in [1.165, 1.54) is 0 Å². The Balaban J connectivity index is 3.79. The minimum absolute atomic E-state index is 0.0577. The van der Waals surface area contributed by atoms with Crippen molar-refractivity contribution in [3.05, 3.63) is 0 Å². The summed E-state index contributed by atoms with van der Waals surface area (Å²) in [5, 5.41) is -0.0577. The maximum Gasteiger partial charge on any atom is 0.319 e. The number of alkyl halides is 1. The number of hydrogen-bond acceptors (Lipinski definition) is 3. The summed E-state index contributed by atoms with van der Waals surface area (Å²) in [4.78, 5) is 11.8. The van der Waals surface area contributed by atoms with Crippen molar-refractivity contribution in [1.29, 1.82) is 0 Å². The van der Waals surface area contributed by atoms with Crippen molar-refractivity contribution in [2.75, 3.05) is 19.0 Å². The third kappa shape index (κ3) is 8.78. The predicted octanol–water partition coefficient (Wildman–Crippen LogP) is 4.23. The average molecular weight is 278 g/mol. The van der Waals surface area contributed by atoms with Gasteiger partial charge in [-0.3, -0.25) is 9.18 Å². The number of ether oxygens (including phenoxy) is 1. The molecule has 1 atom stereocenters. The van der Waals surface area contributed by atoms with E-state index in [0.29, 0.717) is 18.9 Å². The van der Waals surface area contributed by atoms with Gasteiger partial charge in [0.15, 0.2) is 0 Å². The summed E-state index contributed by atoms with van der Waals surface area (Å²) in [6.07, 6.45) is 4.58. The van der Waals surface area contributed by atoms with E-state index in [0.717, 1.165) is 31.4 Å². The molecular weight excluding hydrogens is 251 g/mol. The molecule has 0 fully saturated rings. The van der Waals surface area contributed by atoms with Gasteiger partial charge in [-0.05, 0) is 30.9 Å². The van der Waals surface area contributed by atoms with E-state index in [1.807, 2.05) is 20.8 Å². The second-order valence-electron chi connectivity index (χ2n) is 4.81. The molecule has 0 saturated heterocycles. The van der Waals surface area contributed by atoms with Gasteiger partial charge in [-0.2, -0.15) is 0 Å². The van der Waals surface area contributed by atoms with Crippen LogP contribution in [0.25, 0.3) is 0 Å². The Bertz CT molecular complexity index is 210. The number of carbonyl (C=O) groups excluding carboxylic acids is 1. The second-order valence-corrected chi connectivity index (χ2v) is 6.06. The van der Waals surface area contributed by atoms with Gasteiger partial charge >= 0.3 is 5.97 Å². The predicted molar refractivity (Wildman–Crippen MR) is 76.8 cm³/mol. The molecule has 0 aromatic heterocycles. The molecule has 0 N–H and O–H groups in total. The summed E-state index contributed by atoms with van der Waals surface area (Å²) >= 11 is 1.68. The summed E-state index contributed by atoms with van der Waals surface area (Å²) in [6.45, 7) is 6.39. The van der Waals surface area contributed by atoms with Gasteiger partial charge in [0.1, 0.15) is 5.25 Å². The van der Waals surface area contributed by atoms with Gasteiger partial charge in [0.25, 0.3) is 0 Å². The first kappa shape index (κ1) is 17.8. The molecule has 108 valence electrons. The van der Waals surface area contributed by atoms with Gasteiger partial charge < -0.3 is 4.74 Å². The second kappa shape index (κ2) is 11.8. The molecular formula is C14H27FO2S. The third-order valence-corrected chi connectivity index (χ3v) is 4.23. The maximum absolute atomic E-state index is 11.9. The highest BCUT2D eigenvalue weighted by molar-refractivity contribution is 8.00. The standard InChI is InChI=1S/C14H27FO2S/c1-4-10-17-14(16)13(12(2)3)18-11-8-6-5-7-9-15/h12-13H,4-11H2,1-3H3. The van der Waals surface area contributed by atoms with Gasteiger partial charge in [0.05, 0.1) is 13.3 Å². The van der Waals surface area contributed by atoms with Crippen molar-refractivity contribution >= 4 is 17.7 Å². The smallest absolute Gasteiger partial charge is 0.319 e. The Morgan fingerprint density at radius 1 is 1.22 bits per heavy atom. The summed E-state index contributed by atoms with van der Waals surface area (Å²) in [7, 11) is 0. The monoisotopic (exact) mass is 278 g/mol. The quantitative estimate of drug-likeness (QED) is 0.418. The van der Waals surface area contributed by atoms with Crippen LogP contribution in [0, 0.1) is 5.92 Å². The lowest BCUT2D eigenvalue weighted by molar-refractivity contribution is -0.143. The molecule has 0 saturated carbocycles. The van der Waals surface area contributed by atoms with E-state index in [1.54, 1.807) is 11.8 Å². The molecule has 0 bridgehead atoms. The molecule has 0 aliphatic heterocycles. The molecule has 18 heavy (non-hydrogen) atoms. The van der Waals surface area contributed by atoms with E-state index in [9.17, 15) is 9.18 Å². The number of halogens is 1. The van der Waals surface area contributed by atoms with E-state index in [4.69, 9.17) is 4.74 Å². The normalized spacial score (nSPS) is 12.7. The van der Waals surface area contributed by atoms with Crippen molar-refractivity contribution in [1.82, 2.24) is 0 Å². The van der Waals surface area contributed by atoms with Crippen LogP contribution >= 0.6 is 11.8 Å². The molecule has 0 heterocycles. The number of thioether (sulfide) groups is 1. The lowest BCUT2D eigenvalue weighted by Gasteiger charge is -2.18. The van der Waals surface area contributed by atoms with Crippen molar-refractivity contribution < 1.29 is 13.9 Å². The van der Waals surface area contributed by atoms with E-state index >= 15 is 0 Å². The first-order valence-corrected chi connectivity index (χ1v) is 8.02. The van der Waals surface area contributed by atoms with Crippen molar-refractivity contribution in [3.8, 4) is 0 Å². The van der Waals surface area contributed by atoms with Gasteiger partial charge in [0, 0.05) is 0 Å². The first-order valence-electron chi connectivity index (χ1n) is 6.97. The van der Waals surface area contributed by atoms with E-state index in [-0.39, 0.29) is 17.9 Å². The lowest BCUT2D eigenvalue weighted by Crippen LogP contribution is -2.26. The maximum atomic E-state index is 11.9. The highest BCUT2D eigenvalue weighted by Gasteiger charge is 2.23. The summed E-state index contributed by atoms with van der Waals surface area (Å²) in [5.74, 6) is 1.17. The van der Waals surface area contributed by atoms with Gasteiger partial charge in [-0.25, -0.2) is 0 Å². The van der Waals surface area contributed by atoms with E-state index in [2.05, 4.69) is 0 Å². The Morgan fingerprint density at radius 2 is 1.89 bits per heavy atom. The number of hydrogen-bond donors (Lipinski definition) is 0. The molecule has 4 heteroatoms. The SMILES string of the molecule is CCCOC(=O)C(SCCCCCCF)C(C)C. The van der Waals surface area contributed by atoms with Crippen LogP contribution in [-0.2, 0) is 9.53 Å². The molecule has 0 aromatic rings. The Morgan fingerprint density at radius 3 is 2.44 bits per heavy atom. The Kier molecular flexibility index (Phi) is 11.7. The zero-order valence-corrected chi connectivity index (χ0v) is 12.7. The van der Waals surface area contributed by atoms with E-state index < -0.39 is 0 Å². The van der Waals surface area contributed by atoms with Crippen LogP contribution in [0.3, 0.4) is 0 Å². The first-order chi connectivity index (χ1) is 8.63. The summed E-state index contributed by atoms with van der Waals surface area (Å²) < 4.78 is 17.1. The molecule has 0 radical (unpaired) electrons. The Labute approximate surface area is 115 Å². The summed E-state index contributed by atoms with van der Waals surface area (Å²) in [6, 6.07) is 0. The topological polar surface area (TPSA) is 26.3 Å². The van der Waals surface area contributed by atoms with Gasteiger partial charge in [-0.15, -0.1) is 11.8 Å². The number of esters is 1. The van der Waals surface area contributed by atoms with Gasteiger partial charge in [0.2, 0.25) is 0 Å². The van der Waals surface area contributed by atoms with Crippen molar-refractivity contribution in [3.63, 3.8) is 0 Å². The van der Waals surface area contributed by atoms with Crippen LogP contribution < -0.4 is 0 Å². The fourth-order valence-corrected chi connectivity index (χ4v) is 2.79. The highest BCUT2D eigenvalue weighted by Crippen LogP contribution is 2.22. The largest absolute Gasteiger partial charge is 0.465 e. The Hall–Kier alpha value is -0.250. The zero-order chi connectivity index (χ0) is 13.8. The molecule has 2 nitrogen and oxygen atoms in total. The molecule has 0 rings (SSSR count). The van der Waals surface area contributed by atoms with Crippen molar-refractivity contribution in [2.24, 2.45) is 5.92 Å². The fraction of sp³-hybridized carbons (Fsp3) is 0.929. The highest BCUT2D eigenvalue weighted by atomic mass is 32.2. The molecule has 1 unspecified atom stereocenters. The average Bonchev–Trinajstić information content (AvgIpc) is 2.34. The van der Waals surface area contributed by atoms with Crippen LogP contribution in [0.15, 0.2) is 0 Å². The van der Waals surface area contributed by atoms with Crippen LogP contribution in [0.1, 0.15) is 52.9 Å². The van der Waals surface area contributed by atoms with Crippen LogP contribution in [0.2, 0.25) is 0 Å². The molecule has 0 amide bonds. The van der Waals surface area contributed by atoms with Crippen LogP contribution in [-0.4, -0.2) is 30.3 Å². The summed E-state index contributed by atoms with van der Waals surface area (Å²) in [5.41, 5.74) is 0. The minimum Gasteiger partial charge on any atom is -0.465 e. The number of carbonyl (C=O) groups is 1.